The standard InChI is InChI=1S/C29H42BrN3O5S/c1-3-5-8-15-31-27(36)25-29-18-21(30)24(39-29)22(23(29)28(37)33(25)16-9-6-7-10-17-34)26(35)32-19-11-13-20(14-12-19)38-4-2/h11-14,21-25,34H,3-10,15-18H2,1-2H3,(H,31,36)(H,32,35)/t21?,22-,23-,24-,25?,29?/m0/s1. The van der Waals surface area contributed by atoms with Crippen LogP contribution in [0.25, 0.3) is 0 Å². The summed E-state index contributed by atoms with van der Waals surface area (Å²) in [7, 11) is 0. The highest BCUT2D eigenvalue weighted by atomic mass is 79.9. The predicted molar refractivity (Wildman–Crippen MR) is 158 cm³/mol. The number of aliphatic hydroxyl groups excluding tert-OH is 1. The number of likely N-dealkylation sites (tertiary alicyclic amines) is 1. The first-order chi connectivity index (χ1) is 18.9. The number of alkyl halides is 1. The van der Waals surface area contributed by atoms with Gasteiger partial charge in [0.1, 0.15) is 11.8 Å². The SMILES string of the molecule is CCCCCNC(=O)C1N(CCCCCCO)C(=O)[C@@H]2[C@H](C(=O)Nc3ccc(OCC)cc3)[C@H]3SC12CC3Br. The lowest BCUT2D eigenvalue weighted by Gasteiger charge is -2.35. The maximum atomic E-state index is 14.1. The van der Waals surface area contributed by atoms with Gasteiger partial charge in [-0.2, -0.15) is 0 Å². The number of anilines is 1. The van der Waals surface area contributed by atoms with Crippen molar-refractivity contribution < 1.29 is 24.2 Å². The zero-order chi connectivity index (χ0) is 28.0. The Kier molecular flexibility index (Phi) is 10.6. The summed E-state index contributed by atoms with van der Waals surface area (Å²) in [5, 5.41) is 15.2. The summed E-state index contributed by atoms with van der Waals surface area (Å²) in [4.78, 5) is 43.3. The molecule has 10 heteroatoms. The van der Waals surface area contributed by atoms with Crippen molar-refractivity contribution in [1.29, 1.82) is 0 Å². The quantitative estimate of drug-likeness (QED) is 0.198. The van der Waals surface area contributed by atoms with Crippen molar-refractivity contribution in [3.05, 3.63) is 24.3 Å². The Morgan fingerprint density at radius 1 is 1.10 bits per heavy atom. The maximum Gasteiger partial charge on any atom is 0.244 e. The maximum absolute atomic E-state index is 14.1. The van der Waals surface area contributed by atoms with Crippen LogP contribution in [-0.2, 0) is 14.4 Å². The summed E-state index contributed by atoms with van der Waals surface area (Å²) < 4.78 is 4.88. The van der Waals surface area contributed by atoms with E-state index < -0.39 is 22.6 Å². The van der Waals surface area contributed by atoms with Crippen LogP contribution in [0.2, 0.25) is 0 Å². The van der Waals surface area contributed by atoms with Gasteiger partial charge >= 0.3 is 0 Å². The number of thioether (sulfide) groups is 1. The van der Waals surface area contributed by atoms with Crippen LogP contribution in [0.4, 0.5) is 5.69 Å². The number of carbonyl (C=O) groups excluding carboxylic acids is 3. The number of amides is 3. The lowest BCUT2D eigenvalue weighted by molar-refractivity contribution is -0.139. The molecule has 8 nitrogen and oxygen atoms in total. The predicted octanol–water partition coefficient (Wildman–Crippen LogP) is 4.35. The topological polar surface area (TPSA) is 108 Å². The largest absolute Gasteiger partial charge is 0.494 e. The molecule has 0 aromatic heterocycles. The summed E-state index contributed by atoms with van der Waals surface area (Å²) in [6.07, 6.45) is 6.96. The average molecular weight is 625 g/mol. The number of fused-ring (bicyclic) bond motifs is 1. The number of nitrogens with one attached hydrogen (secondary N) is 2. The van der Waals surface area contributed by atoms with Gasteiger partial charge in [-0.1, -0.05) is 48.5 Å². The molecule has 1 aromatic rings. The van der Waals surface area contributed by atoms with Crippen LogP contribution in [0.5, 0.6) is 5.75 Å². The van der Waals surface area contributed by atoms with E-state index in [2.05, 4.69) is 33.5 Å². The molecule has 3 N–H and O–H groups in total. The minimum Gasteiger partial charge on any atom is -0.494 e. The summed E-state index contributed by atoms with van der Waals surface area (Å²) >= 11 is 5.48. The van der Waals surface area contributed by atoms with E-state index in [1.54, 1.807) is 16.7 Å². The Hall–Kier alpha value is -1.78. The van der Waals surface area contributed by atoms with Gasteiger partial charge in [0.2, 0.25) is 17.7 Å². The average Bonchev–Trinajstić information content (AvgIpc) is 3.51. The van der Waals surface area contributed by atoms with E-state index in [4.69, 9.17) is 9.84 Å². The van der Waals surface area contributed by atoms with Crippen molar-refractivity contribution in [1.82, 2.24) is 10.2 Å². The van der Waals surface area contributed by atoms with E-state index in [-0.39, 0.29) is 34.4 Å². The Morgan fingerprint density at radius 3 is 2.54 bits per heavy atom. The number of ether oxygens (including phenoxy) is 1. The fraction of sp³-hybridized carbons (Fsp3) is 0.690. The first kappa shape index (κ1) is 30.2. The highest BCUT2D eigenvalue weighted by molar-refractivity contribution is 9.09. The molecule has 3 aliphatic rings. The second kappa shape index (κ2) is 13.7. The van der Waals surface area contributed by atoms with Crippen molar-refractivity contribution in [2.75, 3.05) is 31.6 Å². The molecule has 4 rings (SSSR count). The summed E-state index contributed by atoms with van der Waals surface area (Å²) in [6, 6.07) is 6.68. The molecule has 216 valence electrons. The van der Waals surface area contributed by atoms with Gasteiger partial charge in [0.15, 0.2) is 0 Å². The Balaban J connectivity index is 1.56. The zero-order valence-electron chi connectivity index (χ0n) is 23.0. The van der Waals surface area contributed by atoms with Gasteiger partial charge < -0.3 is 25.4 Å². The molecule has 1 aromatic carbocycles. The molecular weight excluding hydrogens is 582 g/mol. The van der Waals surface area contributed by atoms with Crippen LogP contribution in [0.3, 0.4) is 0 Å². The van der Waals surface area contributed by atoms with Gasteiger partial charge in [-0.15, -0.1) is 11.8 Å². The molecule has 0 saturated carbocycles. The number of benzene rings is 1. The number of carbonyl (C=O) groups is 3. The first-order valence-corrected chi connectivity index (χ1v) is 16.2. The number of rotatable bonds is 15. The third-order valence-electron chi connectivity index (χ3n) is 8.16. The number of hydrogen-bond donors (Lipinski definition) is 3. The van der Waals surface area contributed by atoms with Crippen LogP contribution in [0.15, 0.2) is 24.3 Å². The third-order valence-corrected chi connectivity index (χ3v) is 11.4. The van der Waals surface area contributed by atoms with Gasteiger partial charge in [0.25, 0.3) is 0 Å². The van der Waals surface area contributed by atoms with Crippen LogP contribution in [0, 0.1) is 11.8 Å². The van der Waals surface area contributed by atoms with Crippen molar-refractivity contribution in [2.24, 2.45) is 11.8 Å². The molecule has 3 aliphatic heterocycles. The number of hydrogen-bond acceptors (Lipinski definition) is 6. The minimum atomic E-state index is -0.628. The number of aliphatic hydroxyl groups is 1. The molecule has 3 fully saturated rings. The molecule has 39 heavy (non-hydrogen) atoms. The van der Waals surface area contributed by atoms with Gasteiger partial charge in [0, 0.05) is 35.5 Å². The smallest absolute Gasteiger partial charge is 0.244 e. The lowest BCUT2D eigenvalue weighted by Crippen LogP contribution is -2.54. The molecule has 3 heterocycles. The fourth-order valence-corrected chi connectivity index (χ4v) is 10.0. The molecule has 3 unspecified atom stereocenters. The molecule has 1 spiro atoms. The van der Waals surface area contributed by atoms with Crippen molar-refractivity contribution >= 4 is 51.1 Å². The Bertz CT molecular complexity index is 1010. The summed E-state index contributed by atoms with van der Waals surface area (Å²) in [5.74, 6) is -0.675. The number of nitrogens with zero attached hydrogens (tertiary/aromatic N) is 1. The summed E-state index contributed by atoms with van der Waals surface area (Å²) in [5.41, 5.74) is 0.660. The van der Waals surface area contributed by atoms with E-state index in [0.29, 0.717) is 31.8 Å². The molecule has 0 radical (unpaired) electrons. The van der Waals surface area contributed by atoms with E-state index in [9.17, 15) is 14.4 Å². The number of unbranched alkanes of at least 4 members (excludes halogenated alkanes) is 5. The van der Waals surface area contributed by atoms with Crippen LogP contribution >= 0.6 is 27.7 Å². The van der Waals surface area contributed by atoms with Crippen LogP contribution < -0.4 is 15.4 Å². The van der Waals surface area contributed by atoms with E-state index >= 15 is 0 Å². The summed E-state index contributed by atoms with van der Waals surface area (Å²) in [6.45, 7) is 5.85. The fourth-order valence-electron chi connectivity index (χ4n) is 6.43. The monoisotopic (exact) mass is 623 g/mol. The van der Waals surface area contributed by atoms with Crippen molar-refractivity contribution in [3.8, 4) is 5.75 Å². The van der Waals surface area contributed by atoms with Gasteiger partial charge in [-0.25, -0.2) is 0 Å². The third kappa shape index (κ3) is 6.27. The van der Waals surface area contributed by atoms with E-state index in [1.807, 2.05) is 31.2 Å². The van der Waals surface area contributed by atoms with E-state index in [0.717, 1.165) is 50.7 Å². The normalized spacial score (nSPS) is 29.0. The van der Waals surface area contributed by atoms with Crippen LogP contribution in [-0.4, -0.2) is 74.9 Å². The second-order valence-corrected chi connectivity index (χ2v) is 13.5. The molecule has 3 amide bonds. The van der Waals surface area contributed by atoms with E-state index in [1.165, 1.54) is 0 Å². The van der Waals surface area contributed by atoms with Crippen LogP contribution in [0.1, 0.15) is 65.2 Å². The lowest BCUT2D eigenvalue weighted by atomic mass is 9.70. The molecular formula is C29H42BrN3O5S. The second-order valence-electron chi connectivity index (χ2n) is 10.8. The highest BCUT2D eigenvalue weighted by Crippen LogP contribution is 2.67. The highest BCUT2D eigenvalue weighted by Gasteiger charge is 2.75. The minimum absolute atomic E-state index is 0.0440. The number of halogens is 1. The Labute approximate surface area is 244 Å². The molecule has 0 aliphatic carbocycles. The molecule has 2 bridgehead atoms. The molecule has 3 saturated heterocycles. The Morgan fingerprint density at radius 2 is 1.85 bits per heavy atom. The molecule has 6 atom stereocenters. The van der Waals surface area contributed by atoms with Gasteiger partial charge in [-0.3, -0.25) is 14.4 Å². The van der Waals surface area contributed by atoms with Gasteiger partial charge in [0.05, 0.1) is 23.2 Å². The van der Waals surface area contributed by atoms with Crippen molar-refractivity contribution in [3.63, 3.8) is 0 Å². The van der Waals surface area contributed by atoms with Crippen molar-refractivity contribution in [2.45, 2.75) is 86.1 Å². The first-order valence-electron chi connectivity index (χ1n) is 14.4. The van der Waals surface area contributed by atoms with Gasteiger partial charge in [-0.05, 0) is 56.9 Å². The zero-order valence-corrected chi connectivity index (χ0v) is 25.4.